The number of carbonyl (C=O) groups is 1. The second-order valence-electron chi connectivity index (χ2n) is 5.25. The van der Waals surface area contributed by atoms with Crippen molar-refractivity contribution in [2.75, 3.05) is 7.05 Å². The van der Waals surface area contributed by atoms with E-state index in [9.17, 15) is 4.79 Å². The van der Waals surface area contributed by atoms with Crippen molar-refractivity contribution in [1.29, 1.82) is 0 Å². The molecule has 106 valence electrons. The third kappa shape index (κ3) is 2.32. The van der Waals surface area contributed by atoms with E-state index in [1.165, 1.54) is 12.8 Å². The molecule has 2 aromatic rings. The van der Waals surface area contributed by atoms with Crippen LogP contribution in [-0.2, 0) is 0 Å². The summed E-state index contributed by atoms with van der Waals surface area (Å²) in [5, 5.41) is 4.20. The first kappa shape index (κ1) is 13.5. The number of hydrogen-bond donors (Lipinski definition) is 0. The van der Waals surface area contributed by atoms with Gasteiger partial charge in [-0.05, 0) is 12.8 Å². The van der Waals surface area contributed by atoms with E-state index in [4.69, 9.17) is 0 Å². The quantitative estimate of drug-likeness (QED) is 0.791. The number of hydrogen-bond acceptors (Lipinski definition) is 3. The van der Waals surface area contributed by atoms with Crippen molar-refractivity contribution in [1.82, 2.24) is 19.5 Å². The van der Waals surface area contributed by atoms with Gasteiger partial charge in [0, 0.05) is 30.3 Å². The maximum Gasteiger partial charge on any atom is 0.257 e. The first-order valence-electron chi connectivity index (χ1n) is 6.87. The highest BCUT2D eigenvalue weighted by molar-refractivity contribution is 9.09. The zero-order valence-electron chi connectivity index (χ0n) is 11.4. The molecular weight excluding hydrogens is 320 g/mol. The zero-order valence-corrected chi connectivity index (χ0v) is 13.0. The Morgan fingerprint density at radius 1 is 1.40 bits per heavy atom. The third-order valence-electron chi connectivity index (χ3n) is 4.02. The van der Waals surface area contributed by atoms with Crippen LogP contribution in [0.4, 0.5) is 0 Å². The van der Waals surface area contributed by atoms with Crippen molar-refractivity contribution in [3.05, 3.63) is 30.4 Å². The Bertz CT molecular complexity index is 626. The summed E-state index contributed by atoms with van der Waals surface area (Å²) in [6, 6.07) is 0.253. The topological polar surface area (TPSA) is 50.5 Å². The lowest BCUT2D eigenvalue weighted by Gasteiger charge is -2.35. The highest BCUT2D eigenvalue weighted by Crippen LogP contribution is 2.29. The highest BCUT2D eigenvalue weighted by Gasteiger charge is 2.30. The van der Waals surface area contributed by atoms with E-state index in [0.717, 1.165) is 18.4 Å². The van der Waals surface area contributed by atoms with Gasteiger partial charge in [0.15, 0.2) is 0 Å². The summed E-state index contributed by atoms with van der Waals surface area (Å²) in [6.07, 6.45) is 11.3. The number of carbonyl (C=O) groups excluding carboxylic acids is 1. The molecule has 0 spiro atoms. The van der Waals surface area contributed by atoms with Crippen LogP contribution in [0.2, 0.25) is 0 Å². The van der Waals surface area contributed by atoms with E-state index in [1.54, 1.807) is 29.3 Å². The number of fused-ring (bicyclic) bond motifs is 1. The predicted molar refractivity (Wildman–Crippen MR) is 80.1 cm³/mol. The van der Waals surface area contributed by atoms with Crippen LogP contribution >= 0.6 is 15.9 Å². The van der Waals surface area contributed by atoms with Crippen LogP contribution in [-0.4, -0.2) is 43.3 Å². The molecule has 0 N–H and O–H groups in total. The minimum absolute atomic E-state index is 0.0179. The van der Waals surface area contributed by atoms with Crippen LogP contribution in [0.15, 0.2) is 24.8 Å². The maximum atomic E-state index is 12.7. The maximum absolute atomic E-state index is 12.7. The Kier molecular flexibility index (Phi) is 3.74. The normalized spacial score (nSPS) is 22.9. The van der Waals surface area contributed by atoms with Crippen molar-refractivity contribution in [3.8, 4) is 0 Å². The number of aromatic nitrogens is 3. The molecule has 0 bridgehead atoms. The molecule has 6 heteroatoms. The molecule has 1 saturated carbocycles. The number of nitrogens with zero attached hydrogens (tertiary/aromatic N) is 4. The second kappa shape index (κ2) is 5.52. The summed E-state index contributed by atoms with van der Waals surface area (Å²) in [5.74, 6) is 0.0179. The Morgan fingerprint density at radius 3 is 3.00 bits per heavy atom. The van der Waals surface area contributed by atoms with Gasteiger partial charge in [-0.25, -0.2) is 4.52 Å². The summed E-state index contributed by atoms with van der Waals surface area (Å²) in [7, 11) is 1.88. The van der Waals surface area contributed by atoms with Crippen LogP contribution < -0.4 is 0 Å². The molecule has 0 saturated heterocycles. The Morgan fingerprint density at radius 2 is 2.20 bits per heavy atom. The summed E-state index contributed by atoms with van der Waals surface area (Å²) < 4.78 is 1.68. The summed E-state index contributed by atoms with van der Waals surface area (Å²) in [6.45, 7) is 0. The van der Waals surface area contributed by atoms with E-state index < -0.39 is 0 Å². The highest BCUT2D eigenvalue weighted by atomic mass is 79.9. The van der Waals surface area contributed by atoms with Gasteiger partial charge in [-0.3, -0.25) is 9.78 Å². The fourth-order valence-electron chi connectivity index (χ4n) is 2.84. The largest absolute Gasteiger partial charge is 0.337 e. The van der Waals surface area contributed by atoms with Crippen LogP contribution in [0.25, 0.3) is 5.52 Å². The van der Waals surface area contributed by atoms with Crippen LogP contribution in [0.3, 0.4) is 0 Å². The molecule has 2 heterocycles. The van der Waals surface area contributed by atoms with Crippen molar-refractivity contribution >= 4 is 27.4 Å². The standard InChI is InChI=1S/C14H17BrN4O/c1-18(12-5-3-2-4-11(12)15)14(20)10-8-17-19-7-6-16-9-13(10)19/h6-9,11-12H,2-5H2,1H3. The van der Waals surface area contributed by atoms with Crippen molar-refractivity contribution in [3.63, 3.8) is 0 Å². The van der Waals surface area contributed by atoms with Crippen LogP contribution in [0.1, 0.15) is 36.0 Å². The molecule has 5 nitrogen and oxygen atoms in total. The van der Waals surface area contributed by atoms with Gasteiger partial charge in [0.25, 0.3) is 5.91 Å². The Hall–Kier alpha value is -1.43. The molecule has 0 aliphatic heterocycles. The molecule has 2 unspecified atom stereocenters. The molecular formula is C14H17BrN4O. The third-order valence-corrected chi connectivity index (χ3v) is 5.09. The molecule has 3 rings (SSSR count). The second-order valence-corrected chi connectivity index (χ2v) is 6.42. The molecule has 1 fully saturated rings. The lowest BCUT2D eigenvalue weighted by Crippen LogP contribution is -2.44. The van der Waals surface area contributed by atoms with E-state index in [0.29, 0.717) is 10.4 Å². The average molecular weight is 337 g/mol. The number of alkyl halides is 1. The van der Waals surface area contributed by atoms with Gasteiger partial charge in [0.2, 0.25) is 0 Å². The van der Waals surface area contributed by atoms with Gasteiger partial charge in [0.05, 0.1) is 23.5 Å². The average Bonchev–Trinajstić information content (AvgIpc) is 2.90. The van der Waals surface area contributed by atoms with Gasteiger partial charge in [-0.15, -0.1) is 0 Å². The van der Waals surface area contributed by atoms with Gasteiger partial charge < -0.3 is 4.90 Å². The smallest absolute Gasteiger partial charge is 0.257 e. The van der Waals surface area contributed by atoms with E-state index >= 15 is 0 Å². The van der Waals surface area contributed by atoms with Gasteiger partial charge in [-0.2, -0.15) is 5.10 Å². The van der Waals surface area contributed by atoms with Gasteiger partial charge in [0.1, 0.15) is 0 Å². The summed E-state index contributed by atoms with van der Waals surface area (Å²) in [5.41, 5.74) is 1.37. The molecule has 0 aromatic carbocycles. The first-order valence-corrected chi connectivity index (χ1v) is 7.78. The summed E-state index contributed by atoms with van der Waals surface area (Å²) >= 11 is 3.71. The Labute approximate surface area is 126 Å². The monoisotopic (exact) mass is 336 g/mol. The van der Waals surface area contributed by atoms with Crippen LogP contribution in [0, 0.1) is 0 Å². The number of halogens is 1. The van der Waals surface area contributed by atoms with E-state index in [2.05, 4.69) is 26.0 Å². The minimum atomic E-state index is 0.0179. The van der Waals surface area contributed by atoms with Gasteiger partial charge >= 0.3 is 0 Å². The summed E-state index contributed by atoms with van der Waals surface area (Å²) in [4.78, 5) is 19.0. The van der Waals surface area contributed by atoms with Crippen LogP contribution in [0.5, 0.6) is 0 Å². The SMILES string of the molecule is CN(C(=O)c1cnn2ccncc12)C1CCCCC1Br. The van der Waals surface area contributed by atoms with Crippen molar-refractivity contribution < 1.29 is 4.79 Å². The minimum Gasteiger partial charge on any atom is -0.337 e. The fourth-order valence-corrected chi connectivity index (χ4v) is 3.78. The molecule has 2 atom stereocenters. The molecule has 2 aromatic heterocycles. The predicted octanol–water partition coefficient (Wildman–Crippen LogP) is 2.51. The van der Waals surface area contributed by atoms with E-state index in [-0.39, 0.29) is 11.9 Å². The lowest BCUT2D eigenvalue weighted by atomic mass is 9.94. The zero-order chi connectivity index (χ0) is 14.1. The number of rotatable bonds is 2. The van der Waals surface area contributed by atoms with Gasteiger partial charge in [-0.1, -0.05) is 28.8 Å². The van der Waals surface area contributed by atoms with Crippen molar-refractivity contribution in [2.45, 2.75) is 36.6 Å². The molecule has 0 radical (unpaired) electrons. The molecule has 1 amide bonds. The first-order chi connectivity index (χ1) is 9.68. The number of amides is 1. The molecule has 1 aliphatic carbocycles. The molecule has 20 heavy (non-hydrogen) atoms. The van der Waals surface area contributed by atoms with Crippen molar-refractivity contribution in [2.24, 2.45) is 0 Å². The molecule has 1 aliphatic rings. The van der Waals surface area contributed by atoms with E-state index in [1.807, 2.05) is 11.9 Å². The lowest BCUT2D eigenvalue weighted by molar-refractivity contribution is 0.0706. The Balaban J connectivity index is 1.88. The fraction of sp³-hybridized carbons (Fsp3) is 0.500.